The maximum atomic E-state index is 12.7. The smallest absolute Gasteiger partial charge is 0.267 e. The third kappa shape index (κ3) is 1.85. The lowest BCUT2D eigenvalue weighted by atomic mass is 10.2. The number of amides is 2. The highest BCUT2D eigenvalue weighted by molar-refractivity contribution is 7.19. The van der Waals surface area contributed by atoms with Crippen molar-refractivity contribution in [2.45, 2.75) is 13.8 Å². The number of hydrogen-bond acceptors (Lipinski definition) is 6. The van der Waals surface area contributed by atoms with Crippen molar-refractivity contribution >= 4 is 33.8 Å². The first-order chi connectivity index (χ1) is 11.0. The van der Waals surface area contributed by atoms with Crippen LogP contribution in [0.25, 0.3) is 4.96 Å². The van der Waals surface area contributed by atoms with E-state index in [1.807, 2.05) is 19.1 Å². The van der Waals surface area contributed by atoms with Crippen molar-refractivity contribution < 1.29 is 9.59 Å². The molecule has 0 unspecified atom stereocenters. The lowest BCUT2D eigenvalue weighted by Crippen LogP contribution is -2.30. The Labute approximate surface area is 133 Å². The highest BCUT2D eigenvalue weighted by Crippen LogP contribution is 2.33. The molecule has 114 valence electrons. The van der Waals surface area contributed by atoms with Crippen LogP contribution in [0.5, 0.6) is 0 Å². The minimum Gasteiger partial charge on any atom is -0.267 e. The molecule has 0 N–H and O–H groups in total. The highest BCUT2D eigenvalue weighted by Gasteiger charge is 2.41. The van der Waals surface area contributed by atoms with E-state index < -0.39 is 17.4 Å². The Kier molecular flexibility index (Phi) is 2.73. The van der Waals surface area contributed by atoms with Crippen LogP contribution in [-0.2, 0) is 0 Å². The van der Waals surface area contributed by atoms with E-state index in [1.54, 1.807) is 12.1 Å². The molecule has 0 spiro atoms. The Hall–Kier alpha value is -2.87. The van der Waals surface area contributed by atoms with E-state index in [9.17, 15) is 14.4 Å². The molecule has 3 aromatic rings. The maximum absolute atomic E-state index is 12.7. The molecular weight excluding hydrogens is 316 g/mol. The molecule has 2 aromatic heterocycles. The normalized spacial score (nSPS) is 13.9. The van der Waals surface area contributed by atoms with Crippen molar-refractivity contribution in [1.29, 1.82) is 0 Å². The van der Waals surface area contributed by atoms with Crippen LogP contribution in [0.1, 0.15) is 31.4 Å². The largest absolute Gasteiger partial charge is 0.295 e. The maximum Gasteiger partial charge on any atom is 0.295 e. The molecule has 0 radical (unpaired) electrons. The predicted molar refractivity (Wildman–Crippen MR) is 84.2 cm³/mol. The van der Waals surface area contributed by atoms with Crippen LogP contribution in [0.4, 0.5) is 5.69 Å². The monoisotopic (exact) mass is 326 g/mol. The number of nitrogens with zero attached hydrogens (tertiary/aromatic N) is 4. The molecule has 7 nitrogen and oxygen atoms in total. The van der Waals surface area contributed by atoms with E-state index in [-0.39, 0.29) is 21.2 Å². The number of benzene rings is 1. The second-order valence-corrected chi connectivity index (χ2v) is 6.24. The number of rotatable bonds is 1. The Morgan fingerprint density at radius 3 is 2.39 bits per heavy atom. The fraction of sp³-hybridized carbons (Fsp3) is 0.133. The van der Waals surface area contributed by atoms with E-state index in [1.165, 1.54) is 11.4 Å². The van der Waals surface area contributed by atoms with Crippen LogP contribution in [0.2, 0.25) is 0 Å². The third-order valence-corrected chi connectivity index (χ3v) is 4.67. The Balaban J connectivity index is 1.92. The van der Waals surface area contributed by atoms with Gasteiger partial charge in [-0.2, -0.15) is 14.6 Å². The Morgan fingerprint density at radius 1 is 1.00 bits per heavy atom. The first kappa shape index (κ1) is 13.8. The van der Waals surface area contributed by atoms with Crippen molar-refractivity contribution in [3.63, 3.8) is 0 Å². The van der Waals surface area contributed by atoms with Gasteiger partial charge in [-0.3, -0.25) is 14.4 Å². The average molecular weight is 326 g/mol. The Bertz CT molecular complexity index is 1050. The Morgan fingerprint density at radius 2 is 1.70 bits per heavy atom. The molecule has 23 heavy (non-hydrogen) atoms. The molecule has 0 bridgehead atoms. The summed E-state index contributed by atoms with van der Waals surface area (Å²) < 4.78 is 1.28. The van der Waals surface area contributed by atoms with Crippen molar-refractivity contribution in [3.8, 4) is 0 Å². The molecule has 1 aliphatic heterocycles. The van der Waals surface area contributed by atoms with Crippen molar-refractivity contribution in [1.82, 2.24) is 14.6 Å². The van der Waals surface area contributed by atoms with Gasteiger partial charge >= 0.3 is 0 Å². The van der Waals surface area contributed by atoms with Gasteiger partial charge in [0, 0.05) is 0 Å². The summed E-state index contributed by atoms with van der Waals surface area (Å²) in [5, 5.41) is 4.09. The van der Waals surface area contributed by atoms with Crippen LogP contribution >= 0.6 is 11.3 Å². The number of carbonyl (C=O) groups excluding carboxylic acids is 2. The molecule has 1 aliphatic rings. The molecule has 2 amide bonds. The zero-order chi connectivity index (χ0) is 16.3. The second kappa shape index (κ2) is 4.56. The molecule has 3 heterocycles. The third-order valence-electron chi connectivity index (χ3n) is 3.65. The van der Waals surface area contributed by atoms with E-state index in [0.29, 0.717) is 5.69 Å². The lowest BCUT2D eigenvalue weighted by molar-refractivity contribution is 0.0924. The fourth-order valence-corrected chi connectivity index (χ4v) is 3.44. The molecule has 0 saturated heterocycles. The minimum atomic E-state index is -0.461. The van der Waals surface area contributed by atoms with Crippen LogP contribution < -0.4 is 10.5 Å². The van der Waals surface area contributed by atoms with E-state index in [2.05, 4.69) is 10.1 Å². The van der Waals surface area contributed by atoms with Gasteiger partial charge in [-0.15, -0.1) is 0 Å². The van der Waals surface area contributed by atoms with Gasteiger partial charge < -0.3 is 0 Å². The molecule has 0 atom stereocenters. The van der Waals surface area contributed by atoms with E-state index >= 15 is 0 Å². The number of fused-ring (bicyclic) bond motifs is 3. The summed E-state index contributed by atoms with van der Waals surface area (Å²) in [5.74, 6) is -0.881. The zero-order valence-corrected chi connectivity index (χ0v) is 13.0. The molecule has 1 aromatic carbocycles. The number of imide groups is 1. The molecule has 0 fully saturated rings. The quantitative estimate of drug-likeness (QED) is 0.634. The molecular formula is C15H10N4O3S. The summed E-state index contributed by atoms with van der Waals surface area (Å²) in [6.45, 7) is 3.45. The topological polar surface area (TPSA) is 84.6 Å². The molecule has 0 aliphatic carbocycles. The number of aromatic nitrogens is 3. The fourth-order valence-electron chi connectivity index (χ4n) is 2.46. The summed E-state index contributed by atoms with van der Waals surface area (Å²) in [6, 6.07) is 7.12. The lowest BCUT2D eigenvalue weighted by Gasteiger charge is -2.14. The zero-order valence-electron chi connectivity index (χ0n) is 12.2. The second-order valence-electron chi connectivity index (χ2n) is 5.26. The van der Waals surface area contributed by atoms with Crippen molar-refractivity contribution in [2.75, 3.05) is 4.90 Å². The predicted octanol–water partition coefficient (Wildman–Crippen LogP) is 1.57. The van der Waals surface area contributed by atoms with Crippen LogP contribution in [0, 0.1) is 13.8 Å². The van der Waals surface area contributed by atoms with Crippen LogP contribution in [0.15, 0.2) is 29.1 Å². The van der Waals surface area contributed by atoms with Crippen molar-refractivity contribution in [2.24, 2.45) is 0 Å². The molecule has 0 saturated carbocycles. The van der Waals surface area contributed by atoms with E-state index in [4.69, 9.17) is 0 Å². The van der Waals surface area contributed by atoms with Gasteiger partial charge in [0.15, 0.2) is 5.69 Å². The summed E-state index contributed by atoms with van der Waals surface area (Å²) in [5.41, 5.74) is 1.42. The van der Waals surface area contributed by atoms with Crippen LogP contribution in [-0.4, -0.2) is 26.4 Å². The number of thiazole rings is 1. The standard InChI is InChI=1S/C15H10N4O3S/c1-7-3-5-9(6-4-7)18-13(21)10-11(14(18)22)23-15-16-12(20)8(2)17-19(10)15/h3-6H,1-2H3. The van der Waals surface area contributed by atoms with Crippen molar-refractivity contribution in [3.05, 3.63) is 56.4 Å². The summed E-state index contributed by atoms with van der Waals surface area (Å²) in [6.07, 6.45) is 0. The molecule has 4 rings (SSSR count). The highest BCUT2D eigenvalue weighted by atomic mass is 32.1. The average Bonchev–Trinajstić information content (AvgIpc) is 2.98. The van der Waals surface area contributed by atoms with Gasteiger partial charge in [0.25, 0.3) is 17.4 Å². The summed E-state index contributed by atoms with van der Waals surface area (Å²) in [4.78, 5) is 42.4. The van der Waals surface area contributed by atoms with Gasteiger partial charge in [0.2, 0.25) is 4.96 Å². The van der Waals surface area contributed by atoms with Gasteiger partial charge in [-0.1, -0.05) is 29.0 Å². The number of hydrogen-bond donors (Lipinski definition) is 0. The van der Waals surface area contributed by atoms with Crippen LogP contribution in [0.3, 0.4) is 0 Å². The van der Waals surface area contributed by atoms with E-state index in [0.717, 1.165) is 21.8 Å². The number of carbonyl (C=O) groups is 2. The first-order valence-corrected chi connectivity index (χ1v) is 7.65. The first-order valence-electron chi connectivity index (χ1n) is 6.83. The van der Waals surface area contributed by atoms with Gasteiger partial charge in [-0.05, 0) is 26.0 Å². The van der Waals surface area contributed by atoms with Gasteiger partial charge in [0.1, 0.15) is 10.6 Å². The molecule has 8 heteroatoms. The summed E-state index contributed by atoms with van der Waals surface area (Å²) in [7, 11) is 0. The van der Waals surface area contributed by atoms with Gasteiger partial charge in [0.05, 0.1) is 5.69 Å². The van der Waals surface area contributed by atoms with Gasteiger partial charge in [-0.25, -0.2) is 4.90 Å². The SMILES string of the molecule is Cc1ccc(N2C(=O)c3sc4nc(=O)c(C)nn4c3C2=O)cc1. The summed E-state index contributed by atoms with van der Waals surface area (Å²) >= 11 is 1.000. The number of anilines is 1. The minimum absolute atomic E-state index is 0.158. The number of aryl methyl sites for hydroxylation is 2.